The smallest absolute Gasteiger partial charge is 0.352 e. The molecule has 0 radical (unpaired) electrons. The minimum Gasteiger partial charge on any atom is -0.477 e. The van der Waals surface area contributed by atoms with Crippen LogP contribution < -0.4 is 5.32 Å². The van der Waals surface area contributed by atoms with Crippen LogP contribution in [0.3, 0.4) is 0 Å². The Labute approximate surface area is 159 Å². The fourth-order valence-electron chi connectivity index (χ4n) is 2.97. The van der Waals surface area contributed by atoms with E-state index in [1.54, 1.807) is 13.0 Å². The van der Waals surface area contributed by atoms with Crippen molar-refractivity contribution in [3.63, 3.8) is 0 Å². The maximum atomic E-state index is 12.5. The van der Waals surface area contributed by atoms with E-state index in [1.807, 2.05) is 0 Å². The third-order valence-corrected chi connectivity index (χ3v) is 5.38. The minimum absolute atomic E-state index is 0.0339. The average Bonchev–Trinajstić information content (AvgIpc) is 3.28. The normalized spacial score (nSPS) is 13.7. The van der Waals surface area contributed by atoms with Crippen LogP contribution in [0.5, 0.6) is 0 Å². The molecule has 0 atom stereocenters. The zero-order valence-electron chi connectivity index (χ0n) is 14.7. The molecule has 0 fully saturated rings. The van der Waals surface area contributed by atoms with Gasteiger partial charge in [0.2, 0.25) is 5.78 Å². The van der Waals surface area contributed by atoms with E-state index in [0.717, 1.165) is 42.2 Å². The SMILES string of the molecule is CCOC(=O)c1c(NC(=CC(=O)c2ccco2)C(=O)O)sc2c1CCCC2. The maximum Gasteiger partial charge on any atom is 0.352 e. The molecule has 0 unspecified atom stereocenters. The van der Waals surface area contributed by atoms with Crippen molar-refractivity contribution in [2.75, 3.05) is 11.9 Å². The van der Waals surface area contributed by atoms with E-state index < -0.39 is 17.7 Å². The van der Waals surface area contributed by atoms with Gasteiger partial charge in [-0.3, -0.25) is 4.79 Å². The summed E-state index contributed by atoms with van der Waals surface area (Å²) in [6.45, 7) is 1.94. The maximum absolute atomic E-state index is 12.5. The fourth-order valence-corrected chi connectivity index (χ4v) is 4.26. The second-order valence-electron chi connectivity index (χ2n) is 5.97. The van der Waals surface area contributed by atoms with Crippen LogP contribution in [0, 0.1) is 0 Å². The summed E-state index contributed by atoms with van der Waals surface area (Å²) in [4.78, 5) is 37.3. The van der Waals surface area contributed by atoms with Gasteiger partial charge in [0.1, 0.15) is 10.7 Å². The van der Waals surface area contributed by atoms with E-state index in [-0.39, 0.29) is 18.1 Å². The summed E-state index contributed by atoms with van der Waals surface area (Å²) < 4.78 is 10.2. The highest BCUT2D eigenvalue weighted by Gasteiger charge is 2.27. The average molecular weight is 389 g/mol. The lowest BCUT2D eigenvalue weighted by atomic mass is 9.95. The number of allylic oxidation sites excluding steroid dienone is 1. The van der Waals surface area contributed by atoms with Crippen molar-refractivity contribution in [3.8, 4) is 0 Å². The molecule has 0 aliphatic heterocycles. The van der Waals surface area contributed by atoms with E-state index in [0.29, 0.717) is 10.6 Å². The Morgan fingerprint density at radius 1 is 1.33 bits per heavy atom. The number of esters is 1. The van der Waals surface area contributed by atoms with Crippen molar-refractivity contribution >= 4 is 34.1 Å². The highest BCUT2D eigenvalue weighted by molar-refractivity contribution is 7.16. The van der Waals surface area contributed by atoms with Gasteiger partial charge in [-0.2, -0.15) is 0 Å². The minimum atomic E-state index is -1.31. The molecule has 2 aromatic rings. The Morgan fingerprint density at radius 3 is 2.78 bits per heavy atom. The van der Waals surface area contributed by atoms with Crippen LogP contribution in [0.25, 0.3) is 0 Å². The molecule has 0 bridgehead atoms. The van der Waals surface area contributed by atoms with Crippen LogP contribution in [0.2, 0.25) is 0 Å². The molecule has 3 rings (SSSR count). The molecule has 1 aliphatic carbocycles. The Hall–Kier alpha value is -2.87. The first-order valence-electron chi connectivity index (χ1n) is 8.62. The molecule has 0 saturated heterocycles. The van der Waals surface area contributed by atoms with Crippen LogP contribution in [-0.2, 0) is 22.4 Å². The second kappa shape index (κ2) is 8.22. The van der Waals surface area contributed by atoms with Gasteiger partial charge in [-0.15, -0.1) is 11.3 Å². The van der Waals surface area contributed by atoms with E-state index in [2.05, 4.69) is 5.32 Å². The van der Waals surface area contributed by atoms with E-state index in [9.17, 15) is 19.5 Å². The van der Waals surface area contributed by atoms with Gasteiger partial charge >= 0.3 is 11.9 Å². The van der Waals surface area contributed by atoms with Crippen molar-refractivity contribution in [1.82, 2.24) is 0 Å². The van der Waals surface area contributed by atoms with Gasteiger partial charge in [0.05, 0.1) is 18.4 Å². The van der Waals surface area contributed by atoms with E-state index in [1.165, 1.54) is 23.7 Å². The van der Waals surface area contributed by atoms with Crippen LogP contribution in [-0.4, -0.2) is 29.4 Å². The molecule has 142 valence electrons. The Balaban J connectivity index is 1.96. The molecule has 0 aromatic carbocycles. The number of furan rings is 1. The summed E-state index contributed by atoms with van der Waals surface area (Å²) in [6, 6.07) is 2.99. The summed E-state index contributed by atoms with van der Waals surface area (Å²) in [7, 11) is 0. The van der Waals surface area contributed by atoms with Crippen molar-refractivity contribution in [3.05, 3.63) is 51.9 Å². The van der Waals surface area contributed by atoms with E-state index in [4.69, 9.17) is 9.15 Å². The van der Waals surface area contributed by atoms with E-state index >= 15 is 0 Å². The number of carbonyl (C=O) groups excluding carboxylic acids is 2. The number of aryl methyl sites for hydroxylation is 1. The molecule has 0 saturated carbocycles. The second-order valence-corrected chi connectivity index (χ2v) is 7.07. The number of thiophene rings is 1. The lowest BCUT2D eigenvalue weighted by Gasteiger charge is -2.12. The Morgan fingerprint density at radius 2 is 2.11 bits per heavy atom. The number of carbonyl (C=O) groups is 3. The van der Waals surface area contributed by atoms with Gasteiger partial charge in [-0.25, -0.2) is 9.59 Å². The quantitative estimate of drug-likeness (QED) is 0.423. The monoisotopic (exact) mass is 389 g/mol. The number of hydrogen-bond donors (Lipinski definition) is 2. The Bertz CT molecular complexity index is 894. The summed E-state index contributed by atoms with van der Waals surface area (Å²) in [5.41, 5.74) is 0.948. The van der Waals surface area contributed by atoms with Gasteiger partial charge in [-0.05, 0) is 50.3 Å². The molecule has 2 N–H and O–H groups in total. The lowest BCUT2D eigenvalue weighted by Crippen LogP contribution is -2.15. The molecule has 2 aromatic heterocycles. The molecule has 0 amide bonds. The van der Waals surface area contributed by atoms with Crippen LogP contribution in [0.4, 0.5) is 5.00 Å². The topological polar surface area (TPSA) is 106 Å². The summed E-state index contributed by atoms with van der Waals surface area (Å²) in [5, 5.41) is 12.6. The highest BCUT2D eigenvalue weighted by atomic mass is 32.1. The van der Waals surface area contributed by atoms with Gasteiger partial charge in [0.15, 0.2) is 5.76 Å². The summed E-state index contributed by atoms with van der Waals surface area (Å²) in [6.07, 6.45) is 5.86. The molecule has 1 aliphatic rings. The first-order chi connectivity index (χ1) is 13.0. The van der Waals surface area contributed by atoms with Crippen LogP contribution in [0.1, 0.15) is 51.1 Å². The molecular weight excluding hydrogens is 370 g/mol. The molecule has 7 nitrogen and oxygen atoms in total. The predicted octanol–water partition coefficient (Wildman–Crippen LogP) is 3.66. The highest BCUT2D eigenvalue weighted by Crippen LogP contribution is 2.39. The van der Waals surface area contributed by atoms with Crippen LogP contribution >= 0.6 is 11.3 Å². The van der Waals surface area contributed by atoms with Crippen molar-refractivity contribution in [2.45, 2.75) is 32.6 Å². The van der Waals surface area contributed by atoms with Gasteiger partial charge < -0.3 is 19.6 Å². The van der Waals surface area contributed by atoms with Crippen molar-refractivity contribution < 1.29 is 28.6 Å². The standard InChI is InChI=1S/C19H19NO6S/c1-2-25-19(24)16-11-6-3-4-8-15(11)27-17(16)20-12(18(22)23)10-13(21)14-7-5-9-26-14/h5,7,9-10,20H,2-4,6,8H2,1H3,(H,22,23). The van der Waals surface area contributed by atoms with Gasteiger partial charge in [0.25, 0.3) is 0 Å². The number of ether oxygens (including phenoxy) is 1. The molecule has 27 heavy (non-hydrogen) atoms. The first kappa shape index (κ1) is 18.9. The molecule has 2 heterocycles. The summed E-state index contributed by atoms with van der Waals surface area (Å²) in [5.74, 6) is -2.34. The number of carboxylic acids is 1. The zero-order valence-corrected chi connectivity index (χ0v) is 15.6. The van der Waals surface area contributed by atoms with Gasteiger partial charge in [-0.1, -0.05) is 0 Å². The largest absolute Gasteiger partial charge is 0.477 e. The third-order valence-electron chi connectivity index (χ3n) is 4.17. The number of fused-ring (bicyclic) bond motifs is 1. The molecule has 8 heteroatoms. The number of carboxylic acid groups (broad SMARTS) is 1. The number of rotatable bonds is 7. The number of hydrogen-bond acceptors (Lipinski definition) is 7. The molecular formula is C19H19NO6S. The number of ketones is 1. The van der Waals surface area contributed by atoms with Crippen molar-refractivity contribution in [2.24, 2.45) is 0 Å². The Kier molecular flexibility index (Phi) is 5.75. The van der Waals surface area contributed by atoms with Crippen molar-refractivity contribution in [1.29, 1.82) is 0 Å². The zero-order chi connectivity index (χ0) is 19.4. The van der Waals surface area contributed by atoms with Gasteiger partial charge in [0, 0.05) is 11.0 Å². The number of nitrogens with one attached hydrogen (secondary N) is 1. The third kappa shape index (κ3) is 4.11. The first-order valence-corrected chi connectivity index (χ1v) is 9.44. The number of anilines is 1. The lowest BCUT2D eigenvalue weighted by molar-refractivity contribution is -0.132. The van der Waals surface area contributed by atoms with Crippen LogP contribution in [0.15, 0.2) is 34.6 Å². The molecule has 0 spiro atoms. The fraction of sp³-hybridized carbons (Fsp3) is 0.316. The summed E-state index contributed by atoms with van der Waals surface area (Å²) >= 11 is 1.34. The predicted molar refractivity (Wildman–Crippen MR) is 99.3 cm³/mol. The number of aliphatic carboxylic acids is 1.